The van der Waals surface area contributed by atoms with Crippen molar-refractivity contribution in [1.29, 1.82) is 0 Å². The Hall–Kier alpha value is -1.51. The highest BCUT2D eigenvalue weighted by molar-refractivity contribution is 7.89. The molecule has 1 heterocycles. The van der Waals surface area contributed by atoms with E-state index in [9.17, 15) is 12.8 Å². The average molecular weight is 319 g/mol. The largest absolute Gasteiger partial charge is 0.253 e. The van der Waals surface area contributed by atoms with Gasteiger partial charge in [0.2, 0.25) is 10.0 Å². The highest BCUT2D eigenvalue weighted by Gasteiger charge is 2.19. The van der Waals surface area contributed by atoms with E-state index in [1.54, 1.807) is 4.68 Å². The number of nitrogens with zero attached hydrogens (tertiary/aromatic N) is 3. The van der Waals surface area contributed by atoms with Gasteiger partial charge in [-0.2, -0.15) is 5.10 Å². The molecule has 1 N–H and O–H groups in total. The highest BCUT2D eigenvalue weighted by atomic mass is 35.5. The molecule has 108 valence electrons. The molecule has 1 aromatic heterocycles. The predicted octanol–water partition coefficient (Wildman–Crippen LogP) is 1.44. The van der Waals surface area contributed by atoms with Crippen LogP contribution in [0.25, 0.3) is 0 Å². The monoisotopic (exact) mass is 318 g/mol. The molecule has 0 fully saturated rings. The predicted molar refractivity (Wildman–Crippen MR) is 71.2 cm³/mol. The summed E-state index contributed by atoms with van der Waals surface area (Å²) in [6.07, 6.45) is 3.43. The van der Waals surface area contributed by atoms with Crippen LogP contribution in [0.15, 0.2) is 35.7 Å². The summed E-state index contributed by atoms with van der Waals surface area (Å²) in [5, 5.41) is 3.66. The van der Waals surface area contributed by atoms with Gasteiger partial charge in [-0.3, -0.25) is 4.68 Å². The molecule has 0 unspecified atom stereocenters. The Morgan fingerprint density at radius 2 is 2.20 bits per heavy atom. The second-order valence-electron chi connectivity index (χ2n) is 3.96. The summed E-state index contributed by atoms with van der Waals surface area (Å²) in [5.41, 5.74) is 0. The molecular formula is C11H12ClFN4O2S. The highest BCUT2D eigenvalue weighted by Crippen LogP contribution is 2.21. The molecule has 0 saturated heterocycles. The number of nitrogens with one attached hydrogen (secondary N) is 1. The molecule has 2 aromatic rings. The van der Waals surface area contributed by atoms with Crippen molar-refractivity contribution in [1.82, 2.24) is 19.5 Å². The van der Waals surface area contributed by atoms with E-state index in [2.05, 4.69) is 14.8 Å². The summed E-state index contributed by atoms with van der Waals surface area (Å²) in [6.45, 7) is 0.675. The van der Waals surface area contributed by atoms with Crippen LogP contribution >= 0.6 is 11.6 Å². The van der Waals surface area contributed by atoms with E-state index in [-0.39, 0.29) is 11.6 Å². The quantitative estimate of drug-likeness (QED) is 0.818. The van der Waals surface area contributed by atoms with Crippen molar-refractivity contribution in [3.8, 4) is 0 Å². The van der Waals surface area contributed by atoms with Crippen molar-refractivity contribution in [2.75, 3.05) is 6.54 Å². The Labute approximate surface area is 120 Å². The lowest BCUT2D eigenvalue weighted by Crippen LogP contribution is -2.26. The third-order valence-electron chi connectivity index (χ3n) is 2.53. The van der Waals surface area contributed by atoms with Crippen LogP contribution in [0.5, 0.6) is 0 Å². The molecule has 0 aliphatic carbocycles. The third-order valence-corrected chi connectivity index (χ3v) is 4.30. The first-order chi connectivity index (χ1) is 9.50. The molecular weight excluding hydrogens is 307 g/mol. The van der Waals surface area contributed by atoms with E-state index >= 15 is 0 Å². The fraction of sp³-hybridized carbons (Fsp3) is 0.273. The Morgan fingerprint density at radius 3 is 2.90 bits per heavy atom. The molecule has 0 radical (unpaired) electrons. The first-order valence-electron chi connectivity index (χ1n) is 5.77. The zero-order valence-corrected chi connectivity index (χ0v) is 11.9. The van der Waals surface area contributed by atoms with Gasteiger partial charge in [-0.25, -0.2) is 22.5 Å². The third kappa shape index (κ3) is 3.53. The van der Waals surface area contributed by atoms with Crippen molar-refractivity contribution >= 4 is 21.6 Å². The summed E-state index contributed by atoms with van der Waals surface area (Å²) in [4.78, 5) is 3.31. The molecule has 20 heavy (non-hydrogen) atoms. The minimum Gasteiger partial charge on any atom is -0.253 e. The number of hydrogen-bond acceptors (Lipinski definition) is 4. The molecule has 0 aliphatic heterocycles. The van der Waals surface area contributed by atoms with Gasteiger partial charge in [-0.15, -0.1) is 0 Å². The summed E-state index contributed by atoms with van der Waals surface area (Å²) in [5.74, 6) is -0.946. The minimum absolute atomic E-state index is 0.161. The van der Waals surface area contributed by atoms with E-state index < -0.39 is 20.7 Å². The number of halogens is 2. The van der Waals surface area contributed by atoms with Crippen LogP contribution in [0, 0.1) is 5.82 Å². The van der Waals surface area contributed by atoms with Crippen molar-refractivity contribution < 1.29 is 12.8 Å². The molecule has 1 aromatic carbocycles. The standard InChI is InChI=1S/C11H12ClFN4O2S/c12-9-3-1-4-10(11(9)13)20(18,19)16-5-2-6-17-8-14-7-15-17/h1,3-4,7-8,16H,2,5-6H2. The van der Waals surface area contributed by atoms with Crippen molar-refractivity contribution in [3.05, 3.63) is 41.7 Å². The molecule has 6 nitrogen and oxygen atoms in total. The van der Waals surface area contributed by atoms with Crippen LogP contribution in [-0.4, -0.2) is 29.7 Å². The SMILES string of the molecule is O=S(=O)(NCCCn1cncn1)c1cccc(Cl)c1F. The zero-order chi connectivity index (χ0) is 14.6. The van der Waals surface area contributed by atoms with Crippen molar-refractivity contribution in [3.63, 3.8) is 0 Å². The number of sulfonamides is 1. The van der Waals surface area contributed by atoms with Crippen LogP contribution in [0.3, 0.4) is 0 Å². The number of aromatic nitrogens is 3. The van der Waals surface area contributed by atoms with Gasteiger partial charge in [0.15, 0.2) is 5.82 Å². The Balaban J connectivity index is 1.95. The van der Waals surface area contributed by atoms with Gasteiger partial charge >= 0.3 is 0 Å². The Kier molecular flexibility index (Phi) is 4.69. The molecule has 0 aliphatic rings. The molecule has 0 spiro atoms. The molecule has 2 rings (SSSR count). The number of rotatable bonds is 6. The Bertz CT molecular complexity index is 676. The average Bonchev–Trinajstić information content (AvgIpc) is 2.91. The molecule has 0 atom stereocenters. The van der Waals surface area contributed by atoms with Gasteiger partial charge in [0.25, 0.3) is 0 Å². The molecule has 0 bridgehead atoms. The fourth-order valence-electron chi connectivity index (χ4n) is 1.57. The molecule has 0 saturated carbocycles. The summed E-state index contributed by atoms with van der Waals surface area (Å²) < 4.78 is 41.4. The summed E-state index contributed by atoms with van der Waals surface area (Å²) in [7, 11) is -3.91. The van der Waals surface area contributed by atoms with Crippen LogP contribution in [-0.2, 0) is 16.6 Å². The van der Waals surface area contributed by atoms with Crippen LogP contribution < -0.4 is 4.72 Å². The van der Waals surface area contributed by atoms with Crippen molar-refractivity contribution in [2.24, 2.45) is 0 Å². The Morgan fingerprint density at radius 1 is 1.40 bits per heavy atom. The minimum atomic E-state index is -3.91. The number of benzene rings is 1. The maximum Gasteiger partial charge on any atom is 0.243 e. The van der Waals surface area contributed by atoms with Gasteiger partial charge < -0.3 is 0 Å². The lowest BCUT2D eigenvalue weighted by atomic mass is 10.3. The maximum absolute atomic E-state index is 13.7. The maximum atomic E-state index is 13.7. The normalized spacial score (nSPS) is 11.7. The van der Waals surface area contributed by atoms with E-state index in [1.807, 2.05) is 0 Å². The topological polar surface area (TPSA) is 76.9 Å². The lowest BCUT2D eigenvalue weighted by molar-refractivity contribution is 0.541. The first-order valence-corrected chi connectivity index (χ1v) is 7.63. The van der Waals surface area contributed by atoms with E-state index in [0.717, 1.165) is 0 Å². The van der Waals surface area contributed by atoms with E-state index in [1.165, 1.54) is 30.9 Å². The fourth-order valence-corrected chi connectivity index (χ4v) is 2.97. The smallest absolute Gasteiger partial charge is 0.243 e. The molecule has 0 amide bonds. The molecule has 9 heteroatoms. The van der Waals surface area contributed by atoms with E-state index in [0.29, 0.717) is 13.0 Å². The van der Waals surface area contributed by atoms with Gasteiger partial charge in [0.1, 0.15) is 17.6 Å². The zero-order valence-electron chi connectivity index (χ0n) is 10.3. The van der Waals surface area contributed by atoms with Gasteiger partial charge in [0, 0.05) is 13.1 Å². The van der Waals surface area contributed by atoms with Crippen LogP contribution in [0.4, 0.5) is 4.39 Å². The van der Waals surface area contributed by atoms with Crippen LogP contribution in [0.1, 0.15) is 6.42 Å². The number of aryl methyl sites for hydroxylation is 1. The van der Waals surface area contributed by atoms with Gasteiger partial charge in [-0.05, 0) is 18.6 Å². The second kappa shape index (κ2) is 6.29. The number of hydrogen-bond donors (Lipinski definition) is 1. The summed E-state index contributed by atoms with van der Waals surface area (Å²) >= 11 is 5.56. The summed E-state index contributed by atoms with van der Waals surface area (Å²) in [6, 6.07) is 3.84. The van der Waals surface area contributed by atoms with Gasteiger partial charge in [-0.1, -0.05) is 17.7 Å². The first kappa shape index (κ1) is 14.9. The van der Waals surface area contributed by atoms with Crippen LogP contribution in [0.2, 0.25) is 5.02 Å². The van der Waals surface area contributed by atoms with Crippen molar-refractivity contribution in [2.45, 2.75) is 17.9 Å². The lowest BCUT2D eigenvalue weighted by Gasteiger charge is -2.08. The van der Waals surface area contributed by atoms with Gasteiger partial charge in [0.05, 0.1) is 5.02 Å². The second-order valence-corrected chi connectivity index (χ2v) is 6.10. The van der Waals surface area contributed by atoms with E-state index in [4.69, 9.17) is 11.6 Å².